The third-order valence-electron chi connectivity index (χ3n) is 1.97. The average molecular weight is 189 g/mol. The van der Waals surface area contributed by atoms with Crippen molar-refractivity contribution in [3.8, 4) is 0 Å². The van der Waals surface area contributed by atoms with Crippen LogP contribution in [0.5, 0.6) is 0 Å². The lowest BCUT2D eigenvalue weighted by atomic mass is 10.1. The summed E-state index contributed by atoms with van der Waals surface area (Å²) in [5.41, 5.74) is 6.90. The van der Waals surface area contributed by atoms with Gasteiger partial charge < -0.3 is 10.3 Å². The average Bonchev–Trinajstić information content (AvgIpc) is 2.65. The molecule has 0 amide bonds. The zero-order valence-electron chi connectivity index (χ0n) is 7.84. The molecule has 0 saturated heterocycles. The number of nitrogens with two attached hydrogens (primary N) is 1. The van der Waals surface area contributed by atoms with Crippen molar-refractivity contribution in [2.75, 3.05) is 0 Å². The molecular formula is C10H11N3O. The fourth-order valence-corrected chi connectivity index (χ4v) is 1.24. The lowest BCUT2D eigenvalue weighted by molar-refractivity contribution is 0.364. The Morgan fingerprint density at radius 3 is 2.57 bits per heavy atom. The van der Waals surface area contributed by atoms with Crippen molar-refractivity contribution in [2.45, 2.75) is 13.0 Å². The Bertz CT molecular complexity index is 410. The third kappa shape index (κ3) is 1.65. The molecule has 0 fully saturated rings. The molecule has 1 unspecified atom stereocenters. The van der Waals surface area contributed by atoms with Crippen LogP contribution in [0.4, 0.5) is 0 Å². The van der Waals surface area contributed by atoms with Crippen LogP contribution in [0, 0.1) is 6.92 Å². The van der Waals surface area contributed by atoms with E-state index in [-0.39, 0.29) is 6.04 Å². The molecule has 0 aliphatic heterocycles. The summed E-state index contributed by atoms with van der Waals surface area (Å²) < 4.78 is 4.99. The van der Waals surface area contributed by atoms with Gasteiger partial charge in [0, 0.05) is 0 Å². The highest BCUT2D eigenvalue weighted by molar-refractivity contribution is 5.22. The highest BCUT2D eigenvalue weighted by Crippen LogP contribution is 2.16. The second-order valence-electron chi connectivity index (χ2n) is 3.07. The summed E-state index contributed by atoms with van der Waals surface area (Å²) in [6, 6.07) is 9.33. The van der Waals surface area contributed by atoms with Gasteiger partial charge in [-0.2, -0.15) is 4.98 Å². The summed E-state index contributed by atoms with van der Waals surface area (Å²) in [4.78, 5) is 4.08. The maximum Gasteiger partial charge on any atom is 0.248 e. The number of nitrogens with zero attached hydrogens (tertiary/aromatic N) is 2. The number of aryl methyl sites for hydroxylation is 1. The molecule has 72 valence electrons. The van der Waals surface area contributed by atoms with E-state index >= 15 is 0 Å². The summed E-state index contributed by atoms with van der Waals surface area (Å²) in [6.07, 6.45) is 0. The number of benzene rings is 1. The minimum Gasteiger partial charge on any atom is -0.337 e. The molecule has 2 N–H and O–H groups in total. The predicted molar refractivity (Wildman–Crippen MR) is 51.5 cm³/mol. The van der Waals surface area contributed by atoms with Crippen molar-refractivity contribution < 1.29 is 4.52 Å². The molecule has 0 aliphatic carbocycles. The molecule has 0 aliphatic rings. The van der Waals surface area contributed by atoms with E-state index in [1.165, 1.54) is 0 Å². The van der Waals surface area contributed by atoms with E-state index in [1.54, 1.807) is 6.92 Å². The monoisotopic (exact) mass is 189 g/mol. The molecule has 4 heteroatoms. The fraction of sp³-hybridized carbons (Fsp3) is 0.200. The zero-order valence-corrected chi connectivity index (χ0v) is 7.84. The number of hydrogen-bond acceptors (Lipinski definition) is 4. The maximum absolute atomic E-state index is 5.93. The molecule has 1 aromatic carbocycles. The molecule has 0 radical (unpaired) electrons. The van der Waals surface area contributed by atoms with Crippen LogP contribution in [0.25, 0.3) is 0 Å². The number of rotatable bonds is 2. The van der Waals surface area contributed by atoms with Crippen LogP contribution < -0.4 is 5.73 Å². The van der Waals surface area contributed by atoms with E-state index in [1.807, 2.05) is 30.3 Å². The van der Waals surface area contributed by atoms with Crippen LogP contribution >= 0.6 is 0 Å². The minimum absolute atomic E-state index is 0.336. The largest absolute Gasteiger partial charge is 0.337 e. The van der Waals surface area contributed by atoms with Crippen LogP contribution in [0.15, 0.2) is 34.9 Å². The maximum atomic E-state index is 5.93. The molecular weight excluding hydrogens is 178 g/mol. The Morgan fingerprint density at radius 1 is 1.29 bits per heavy atom. The summed E-state index contributed by atoms with van der Waals surface area (Å²) in [5, 5.41) is 3.70. The van der Waals surface area contributed by atoms with Gasteiger partial charge in [0.2, 0.25) is 5.89 Å². The van der Waals surface area contributed by atoms with E-state index in [9.17, 15) is 0 Å². The van der Waals surface area contributed by atoms with Crippen LogP contribution in [-0.4, -0.2) is 10.1 Å². The van der Waals surface area contributed by atoms with E-state index < -0.39 is 0 Å². The Balaban J connectivity index is 2.29. The molecule has 2 aromatic rings. The van der Waals surface area contributed by atoms with Gasteiger partial charge in [-0.15, -0.1) is 0 Å². The molecule has 1 aromatic heterocycles. The van der Waals surface area contributed by atoms with Gasteiger partial charge in [0.15, 0.2) is 5.82 Å². The molecule has 1 atom stereocenters. The van der Waals surface area contributed by atoms with Gasteiger partial charge in [-0.1, -0.05) is 35.5 Å². The van der Waals surface area contributed by atoms with Crippen molar-refractivity contribution in [3.63, 3.8) is 0 Å². The Morgan fingerprint density at radius 2 is 2.00 bits per heavy atom. The van der Waals surface area contributed by atoms with E-state index in [2.05, 4.69) is 10.1 Å². The lowest BCUT2D eigenvalue weighted by Gasteiger charge is -2.05. The van der Waals surface area contributed by atoms with Gasteiger partial charge in [0.1, 0.15) is 6.04 Å². The van der Waals surface area contributed by atoms with E-state index in [0.29, 0.717) is 11.7 Å². The summed E-state index contributed by atoms with van der Waals surface area (Å²) in [6.45, 7) is 1.77. The van der Waals surface area contributed by atoms with Crippen LogP contribution in [-0.2, 0) is 0 Å². The highest BCUT2D eigenvalue weighted by Gasteiger charge is 2.14. The second-order valence-corrected chi connectivity index (χ2v) is 3.07. The van der Waals surface area contributed by atoms with Crippen LogP contribution in [0.2, 0.25) is 0 Å². The summed E-state index contributed by atoms with van der Waals surface area (Å²) >= 11 is 0. The van der Waals surface area contributed by atoms with Crippen LogP contribution in [0.3, 0.4) is 0 Å². The molecule has 0 bridgehead atoms. The first-order valence-corrected chi connectivity index (χ1v) is 4.38. The van der Waals surface area contributed by atoms with Crippen molar-refractivity contribution in [1.82, 2.24) is 10.1 Å². The molecule has 0 saturated carbocycles. The van der Waals surface area contributed by atoms with Gasteiger partial charge in [-0.3, -0.25) is 0 Å². The Kier molecular flexibility index (Phi) is 2.28. The number of aromatic nitrogens is 2. The Labute approximate surface area is 81.7 Å². The first-order chi connectivity index (χ1) is 6.77. The SMILES string of the molecule is Cc1noc(C(N)c2ccccc2)n1. The van der Waals surface area contributed by atoms with E-state index in [4.69, 9.17) is 10.3 Å². The van der Waals surface area contributed by atoms with Crippen molar-refractivity contribution in [1.29, 1.82) is 0 Å². The fourth-order valence-electron chi connectivity index (χ4n) is 1.24. The highest BCUT2D eigenvalue weighted by atomic mass is 16.5. The van der Waals surface area contributed by atoms with Gasteiger partial charge in [0.05, 0.1) is 0 Å². The van der Waals surface area contributed by atoms with Crippen molar-refractivity contribution >= 4 is 0 Å². The van der Waals surface area contributed by atoms with Gasteiger partial charge in [0.25, 0.3) is 0 Å². The van der Waals surface area contributed by atoms with E-state index in [0.717, 1.165) is 5.56 Å². The van der Waals surface area contributed by atoms with Gasteiger partial charge >= 0.3 is 0 Å². The summed E-state index contributed by atoms with van der Waals surface area (Å²) in [7, 11) is 0. The molecule has 4 nitrogen and oxygen atoms in total. The van der Waals surface area contributed by atoms with Gasteiger partial charge in [-0.05, 0) is 12.5 Å². The quantitative estimate of drug-likeness (QED) is 0.776. The zero-order chi connectivity index (χ0) is 9.97. The molecule has 0 spiro atoms. The minimum atomic E-state index is -0.336. The first kappa shape index (κ1) is 8.90. The first-order valence-electron chi connectivity index (χ1n) is 4.38. The topological polar surface area (TPSA) is 64.9 Å². The van der Waals surface area contributed by atoms with Crippen molar-refractivity contribution in [3.05, 3.63) is 47.6 Å². The third-order valence-corrected chi connectivity index (χ3v) is 1.97. The summed E-state index contributed by atoms with van der Waals surface area (Å²) in [5.74, 6) is 1.06. The smallest absolute Gasteiger partial charge is 0.248 e. The second kappa shape index (κ2) is 3.59. The molecule has 14 heavy (non-hydrogen) atoms. The molecule has 1 heterocycles. The number of hydrogen-bond donors (Lipinski definition) is 1. The normalized spacial score (nSPS) is 12.7. The molecule has 2 rings (SSSR count). The van der Waals surface area contributed by atoms with Crippen molar-refractivity contribution in [2.24, 2.45) is 5.73 Å². The predicted octanol–water partition coefficient (Wildman–Crippen LogP) is 1.43. The van der Waals surface area contributed by atoms with Crippen LogP contribution in [0.1, 0.15) is 23.3 Å². The Hall–Kier alpha value is -1.68. The standard InChI is InChI=1S/C10H11N3O/c1-7-12-10(14-13-7)9(11)8-5-3-2-4-6-8/h2-6,9H,11H2,1H3. The van der Waals surface area contributed by atoms with Gasteiger partial charge in [-0.25, -0.2) is 0 Å². The lowest BCUT2D eigenvalue weighted by Crippen LogP contribution is -2.11.